The average Bonchev–Trinajstić information content (AvgIpc) is 2.64. The number of non-ortho nitro benzene ring substituents is 1. The Morgan fingerprint density at radius 3 is 2.04 bits per heavy atom. The van der Waals surface area contributed by atoms with Crippen LogP contribution in [0.1, 0.15) is 20.7 Å². The molecule has 0 bridgehead atoms. The van der Waals surface area contributed by atoms with Crippen LogP contribution in [0.3, 0.4) is 0 Å². The number of ether oxygens (including phenoxy) is 1. The van der Waals surface area contributed by atoms with Crippen LogP contribution < -0.4 is 4.31 Å². The van der Waals surface area contributed by atoms with Gasteiger partial charge in [-0.1, -0.05) is 0 Å². The summed E-state index contributed by atoms with van der Waals surface area (Å²) in [6.07, 6.45) is 1.06. The summed E-state index contributed by atoms with van der Waals surface area (Å²) >= 11 is 0. The van der Waals surface area contributed by atoms with Crippen molar-refractivity contribution in [3.05, 3.63) is 69.8 Å². The van der Waals surface area contributed by atoms with E-state index < -0.39 is 33.3 Å². The topological polar surface area (TPSA) is 124 Å². The largest absolute Gasteiger partial charge is 0.454 e. The zero-order valence-corrected chi connectivity index (χ0v) is 15.3. The minimum atomic E-state index is -3.41. The Hall–Kier alpha value is -3.27. The number of nitro benzene ring substituents is 1. The lowest BCUT2D eigenvalue weighted by Crippen LogP contribution is -2.24. The maximum absolute atomic E-state index is 12.1. The molecule has 2 aromatic carbocycles. The molecule has 0 heterocycles. The molecule has 2 aromatic rings. The van der Waals surface area contributed by atoms with E-state index in [0.29, 0.717) is 5.69 Å². The van der Waals surface area contributed by atoms with Gasteiger partial charge >= 0.3 is 5.97 Å². The highest BCUT2D eigenvalue weighted by Crippen LogP contribution is 2.17. The van der Waals surface area contributed by atoms with Crippen molar-refractivity contribution in [3.8, 4) is 0 Å². The molecule has 0 saturated heterocycles. The molecule has 0 atom stereocenters. The SMILES string of the molecule is CN(c1ccc(C(=O)COC(=O)c2ccc([N+](=O)[O-])cc2)cc1)S(C)(=O)=O. The minimum absolute atomic E-state index is 0.0820. The Bertz CT molecular complexity index is 967. The van der Waals surface area contributed by atoms with E-state index in [1.807, 2.05) is 0 Å². The van der Waals surface area contributed by atoms with Crippen LogP contribution in [0, 0.1) is 10.1 Å². The Morgan fingerprint density at radius 1 is 1.04 bits per heavy atom. The number of Topliss-reactive ketones (excluding diaryl/α,β-unsaturated/α-hetero) is 1. The molecule has 0 aliphatic carbocycles. The molecule has 0 amide bonds. The number of ketones is 1. The van der Waals surface area contributed by atoms with Gasteiger partial charge in [0, 0.05) is 24.7 Å². The van der Waals surface area contributed by atoms with E-state index in [0.717, 1.165) is 22.7 Å². The Morgan fingerprint density at radius 2 is 1.56 bits per heavy atom. The van der Waals surface area contributed by atoms with Crippen molar-refractivity contribution in [2.45, 2.75) is 0 Å². The normalized spacial score (nSPS) is 10.9. The number of rotatable bonds is 7. The number of nitrogens with zero attached hydrogens (tertiary/aromatic N) is 2. The van der Waals surface area contributed by atoms with Gasteiger partial charge in [-0.3, -0.25) is 19.2 Å². The van der Waals surface area contributed by atoms with Gasteiger partial charge in [0.05, 0.1) is 22.4 Å². The second-order valence-corrected chi connectivity index (χ2v) is 7.59. The quantitative estimate of drug-likeness (QED) is 0.305. The molecule has 0 aliphatic heterocycles. The Kier molecular flexibility index (Phi) is 5.91. The summed E-state index contributed by atoms with van der Waals surface area (Å²) < 4.78 is 28.9. The number of anilines is 1. The number of hydrogen-bond acceptors (Lipinski definition) is 7. The van der Waals surface area contributed by atoms with Crippen LogP contribution in [0.15, 0.2) is 48.5 Å². The van der Waals surface area contributed by atoms with Crippen LogP contribution >= 0.6 is 0 Å². The summed E-state index contributed by atoms with van der Waals surface area (Å²) in [5, 5.41) is 10.6. The first-order valence-electron chi connectivity index (χ1n) is 7.58. The van der Waals surface area contributed by atoms with Crippen LogP contribution in [-0.2, 0) is 14.8 Å². The number of carbonyl (C=O) groups is 2. The molecule has 2 rings (SSSR count). The molecule has 0 unspecified atom stereocenters. The highest BCUT2D eigenvalue weighted by atomic mass is 32.2. The number of sulfonamides is 1. The van der Waals surface area contributed by atoms with Crippen LogP contribution in [-0.4, -0.2) is 45.0 Å². The van der Waals surface area contributed by atoms with Crippen LogP contribution in [0.4, 0.5) is 11.4 Å². The van der Waals surface area contributed by atoms with E-state index in [9.17, 15) is 28.1 Å². The van der Waals surface area contributed by atoms with E-state index in [-0.39, 0.29) is 16.8 Å². The van der Waals surface area contributed by atoms with E-state index in [2.05, 4.69) is 0 Å². The summed E-state index contributed by atoms with van der Waals surface area (Å²) in [5.74, 6) is -1.26. The Balaban J connectivity index is 1.99. The van der Waals surface area contributed by atoms with Crippen LogP contribution in [0.2, 0.25) is 0 Å². The third-order valence-corrected chi connectivity index (χ3v) is 4.90. The van der Waals surface area contributed by atoms with Crippen molar-refractivity contribution in [2.75, 3.05) is 24.2 Å². The zero-order valence-electron chi connectivity index (χ0n) is 14.5. The van der Waals surface area contributed by atoms with Gasteiger partial charge in [0.2, 0.25) is 10.0 Å². The molecule has 10 heteroatoms. The molecule has 0 aliphatic rings. The average molecular weight is 392 g/mol. The third kappa shape index (κ3) is 5.11. The van der Waals surface area contributed by atoms with Crippen molar-refractivity contribution in [1.29, 1.82) is 0 Å². The molecule has 0 saturated carbocycles. The molecule has 27 heavy (non-hydrogen) atoms. The highest BCUT2D eigenvalue weighted by Gasteiger charge is 2.15. The number of hydrogen-bond donors (Lipinski definition) is 0. The standard InChI is InChI=1S/C17H16N2O7S/c1-18(27(2,24)25)14-7-3-12(4-8-14)16(20)11-26-17(21)13-5-9-15(10-6-13)19(22)23/h3-10H,11H2,1-2H3. The van der Waals surface area contributed by atoms with Gasteiger partial charge < -0.3 is 4.74 Å². The van der Waals surface area contributed by atoms with Crippen LogP contribution in [0.25, 0.3) is 0 Å². The van der Waals surface area contributed by atoms with Gasteiger partial charge in [-0.2, -0.15) is 0 Å². The van der Waals surface area contributed by atoms with Gasteiger partial charge in [-0.05, 0) is 36.4 Å². The first-order valence-corrected chi connectivity index (χ1v) is 9.43. The number of carbonyl (C=O) groups excluding carboxylic acids is 2. The first kappa shape index (κ1) is 20.0. The first-order chi connectivity index (χ1) is 12.6. The van der Waals surface area contributed by atoms with Gasteiger partial charge in [-0.15, -0.1) is 0 Å². The fraction of sp³-hybridized carbons (Fsp3) is 0.176. The molecule has 0 fully saturated rings. The van der Waals surface area contributed by atoms with Crippen molar-refractivity contribution in [2.24, 2.45) is 0 Å². The summed E-state index contributed by atoms with van der Waals surface area (Å²) in [5.41, 5.74) is 0.550. The summed E-state index contributed by atoms with van der Waals surface area (Å²) in [7, 11) is -2.03. The van der Waals surface area contributed by atoms with E-state index >= 15 is 0 Å². The van der Waals surface area contributed by atoms with Crippen molar-refractivity contribution in [1.82, 2.24) is 0 Å². The zero-order chi connectivity index (χ0) is 20.2. The molecule has 0 radical (unpaired) electrons. The maximum atomic E-state index is 12.1. The lowest BCUT2D eigenvalue weighted by molar-refractivity contribution is -0.384. The fourth-order valence-corrected chi connectivity index (χ4v) is 2.57. The fourth-order valence-electron chi connectivity index (χ4n) is 2.07. The molecular weight excluding hydrogens is 376 g/mol. The second-order valence-electron chi connectivity index (χ2n) is 5.58. The smallest absolute Gasteiger partial charge is 0.338 e. The van der Waals surface area contributed by atoms with Gasteiger partial charge in [0.15, 0.2) is 12.4 Å². The monoisotopic (exact) mass is 392 g/mol. The number of nitro groups is 1. The molecule has 0 aromatic heterocycles. The third-order valence-electron chi connectivity index (χ3n) is 3.70. The summed E-state index contributed by atoms with van der Waals surface area (Å²) in [4.78, 5) is 34.0. The highest BCUT2D eigenvalue weighted by molar-refractivity contribution is 7.92. The lowest BCUT2D eigenvalue weighted by Gasteiger charge is -2.16. The molecular formula is C17H16N2O7S. The summed E-state index contributed by atoms with van der Waals surface area (Å²) in [6, 6.07) is 10.6. The van der Waals surface area contributed by atoms with Crippen molar-refractivity contribution >= 4 is 33.2 Å². The van der Waals surface area contributed by atoms with Gasteiger partial charge in [-0.25, -0.2) is 13.2 Å². The molecule has 142 valence electrons. The van der Waals surface area contributed by atoms with E-state index in [1.165, 1.54) is 43.4 Å². The van der Waals surface area contributed by atoms with Gasteiger partial charge in [0.1, 0.15) is 0 Å². The second kappa shape index (κ2) is 7.96. The predicted octanol–water partition coefficient (Wildman–Crippen LogP) is 2.03. The lowest BCUT2D eigenvalue weighted by atomic mass is 10.1. The molecule has 0 N–H and O–H groups in total. The maximum Gasteiger partial charge on any atom is 0.338 e. The van der Waals surface area contributed by atoms with E-state index in [1.54, 1.807) is 0 Å². The Labute approximate surface area is 155 Å². The molecule has 9 nitrogen and oxygen atoms in total. The van der Waals surface area contributed by atoms with Crippen LogP contribution in [0.5, 0.6) is 0 Å². The number of benzene rings is 2. The van der Waals surface area contributed by atoms with Crippen molar-refractivity contribution < 1.29 is 27.7 Å². The predicted molar refractivity (Wildman–Crippen MR) is 97.4 cm³/mol. The summed E-state index contributed by atoms with van der Waals surface area (Å²) in [6.45, 7) is -0.517. The van der Waals surface area contributed by atoms with Crippen molar-refractivity contribution in [3.63, 3.8) is 0 Å². The molecule has 0 spiro atoms. The number of esters is 1. The van der Waals surface area contributed by atoms with Gasteiger partial charge in [0.25, 0.3) is 5.69 Å². The van der Waals surface area contributed by atoms with E-state index in [4.69, 9.17) is 4.74 Å². The minimum Gasteiger partial charge on any atom is -0.454 e.